The molecule has 0 aromatic heterocycles. The molecular weight excluding hydrogens is 348 g/mol. The molecule has 0 spiro atoms. The summed E-state index contributed by atoms with van der Waals surface area (Å²) in [5.74, 6) is 0. The van der Waals surface area contributed by atoms with Crippen LogP contribution >= 0.6 is 11.8 Å². The van der Waals surface area contributed by atoms with Gasteiger partial charge in [0.05, 0.1) is 0 Å². The first kappa shape index (κ1) is 18.7. The third-order valence-electron chi connectivity index (χ3n) is 6.03. The number of anilines is 2. The van der Waals surface area contributed by atoms with E-state index in [1.165, 1.54) is 74.4 Å². The van der Waals surface area contributed by atoms with Crippen molar-refractivity contribution in [2.24, 2.45) is 0 Å². The van der Waals surface area contributed by atoms with Gasteiger partial charge in [-0.3, -0.25) is 0 Å². The Morgan fingerprint density at radius 2 is 1.07 bits per heavy atom. The van der Waals surface area contributed by atoms with Crippen LogP contribution in [-0.2, 0) is 0 Å². The monoisotopic (exact) mass is 380 g/mol. The Labute approximate surface area is 168 Å². The van der Waals surface area contributed by atoms with E-state index in [2.05, 4.69) is 83.9 Å². The molecule has 0 radical (unpaired) electrons. The molecule has 2 aliphatic rings. The Hall–Kier alpha value is -1.61. The average Bonchev–Trinajstić information content (AvgIpc) is 3.42. The largest absolute Gasteiger partial charge is 0.372 e. The van der Waals surface area contributed by atoms with Crippen LogP contribution in [0.4, 0.5) is 11.4 Å². The first-order valence-corrected chi connectivity index (χ1v) is 11.5. The van der Waals surface area contributed by atoms with Crippen LogP contribution < -0.4 is 9.80 Å². The summed E-state index contributed by atoms with van der Waals surface area (Å²) in [5, 5.41) is 0.996. The minimum atomic E-state index is 0.498. The molecule has 0 saturated carbocycles. The van der Waals surface area contributed by atoms with Crippen molar-refractivity contribution in [3.8, 4) is 0 Å². The molecule has 0 N–H and O–H groups in total. The smallest absolute Gasteiger partial charge is 0.0369 e. The summed E-state index contributed by atoms with van der Waals surface area (Å²) in [7, 11) is 0. The summed E-state index contributed by atoms with van der Waals surface area (Å²) in [6, 6.07) is 18.4. The van der Waals surface area contributed by atoms with Crippen LogP contribution in [0.3, 0.4) is 0 Å². The molecule has 2 saturated heterocycles. The fraction of sp³-hybridized carbons (Fsp3) is 0.500. The van der Waals surface area contributed by atoms with Gasteiger partial charge in [-0.25, -0.2) is 0 Å². The lowest BCUT2D eigenvalue weighted by Crippen LogP contribution is -2.17. The van der Waals surface area contributed by atoms with E-state index in [1.807, 2.05) is 0 Å². The van der Waals surface area contributed by atoms with Crippen molar-refractivity contribution in [3.63, 3.8) is 0 Å². The lowest BCUT2D eigenvalue weighted by molar-refractivity contribution is 0.949. The maximum atomic E-state index is 2.53. The highest BCUT2D eigenvalue weighted by Gasteiger charge is 2.18. The summed E-state index contributed by atoms with van der Waals surface area (Å²) in [6.45, 7) is 9.56. The summed E-state index contributed by atoms with van der Waals surface area (Å²) in [4.78, 5) is 5.06. The van der Waals surface area contributed by atoms with Crippen molar-refractivity contribution in [1.82, 2.24) is 0 Å². The molecule has 3 heteroatoms. The van der Waals surface area contributed by atoms with Crippen LogP contribution in [0.15, 0.2) is 48.5 Å². The number of hydrogen-bond donors (Lipinski definition) is 0. The van der Waals surface area contributed by atoms with Gasteiger partial charge < -0.3 is 9.80 Å². The molecule has 2 aromatic rings. The fourth-order valence-electron chi connectivity index (χ4n) is 4.36. The van der Waals surface area contributed by atoms with Crippen LogP contribution in [-0.4, -0.2) is 26.2 Å². The molecule has 4 rings (SSSR count). The lowest BCUT2D eigenvalue weighted by atomic mass is 10.1. The predicted octanol–water partition coefficient (Wildman–Crippen LogP) is 6.44. The SMILES string of the molecule is CC(SC(C)c1cccc(N2CCCC2)c1)c1cccc(N2CCCC2)c1. The molecule has 2 aliphatic heterocycles. The van der Waals surface area contributed by atoms with Gasteiger partial charge in [-0.15, -0.1) is 11.8 Å². The van der Waals surface area contributed by atoms with Crippen molar-refractivity contribution in [2.45, 2.75) is 50.0 Å². The molecule has 2 heterocycles. The maximum Gasteiger partial charge on any atom is 0.0369 e. The highest BCUT2D eigenvalue weighted by atomic mass is 32.2. The fourth-order valence-corrected chi connectivity index (χ4v) is 5.58. The number of rotatable bonds is 6. The second-order valence-corrected chi connectivity index (χ2v) is 9.69. The Balaban J connectivity index is 1.44. The van der Waals surface area contributed by atoms with Crippen LogP contribution in [0.5, 0.6) is 0 Å². The zero-order chi connectivity index (χ0) is 18.6. The van der Waals surface area contributed by atoms with Gasteiger partial charge in [0.2, 0.25) is 0 Å². The first-order valence-electron chi connectivity index (χ1n) is 10.6. The molecule has 2 unspecified atom stereocenters. The lowest BCUT2D eigenvalue weighted by Gasteiger charge is -2.23. The first-order chi connectivity index (χ1) is 13.2. The summed E-state index contributed by atoms with van der Waals surface area (Å²) in [6.07, 6.45) is 5.33. The van der Waals surface area contributed by atoms with Crippen LogP contribution in [0.2, 0.25) is 0 Å². The Kier molecular flexibility index (Phi) is 5.97. The van der Waals surface area contributed by atoms with Crippen molar-refractivity contribution in [3.05, 3.63) is 59.7 Å². The van der Waals surface area contributed by atoms with E-state index in [0.717, 1.165) is 0 Å². The number of hydrogen-bond acceptors (Lipinski definition) is 3. The third kappa shape index (κ3) is 4.45. The van der Waals surface area contributed by atoms with E-state index in [0.29, 0.717) is 10.5 Å². The van der Waals surface area contributed by atoms with Gasteiger partial charge in [0, 0.05) is 48.1 Å². The summed E-state index contributed by atoms with van der Waals surface area (Å²) in [5.41, 5.74) is 5.71. The van der Waals surface area contributed by atoms with Gasteiger partial charge >= 0.3 is 0 Å². The van der Waals surface area contributed by atoms with Gasteiger partial charge in [0.25, 0.3) is 0 Å². The molecule has 27 heavy (non-hydrogen) atoms. The van der Waals surface area contributed by atoms with Crippen molar-refractivity contribution < 1.29 is 0 Å². The molecule has 2 nitrogen and oxygen atoms in total. The Morgan fingerprint density at radius 1 is 0.667 bits per heavy atom. The maximum absolute atomic E-state index is 2.53. The highest BCUT2D eigenvalue weighted by molar-refractivity contribution is 7.99. The van der Waals surface area contributed by atoms with E-state index in [1.54, 1.807) is 0 Å². The number of nitrogens with zero attached hydrogens (tertiary/aromatic N) is 2. The second-order valence-electron chi connectivity index (χ2n) is 8.00. The minimum Gasteiger partial charge on any atom is -0.372 e. The van der Waals surface area contributed by atoms with E-state index in [4.69, 9.17) is 0 Å². The predicted molar refractivity (Wildman–Crippen MR) is 120 cm³/mol. The standard InChI is InChI=1S/C24H32N2S/c1-19(21-9-7-11-23(17-21)25-13-3-4-14-25)27-20(2)22-10-8-12-24(18-22)26-15-5-6-16-26/h7-12,17-20H,3-6,13-16H2,1-2H3. The second kappa shape index (κ2) is 8.60. The van der Waals surface area contributed by atoms with Crippen LogP contribution in [0.1, 0.15) is 61.2 Å². The Bertz CT molecular complexity index is 684. The quantitative estimate of drug-likeness (QED) is 0.569. The van der Waals surface area contributed by atoms with Gasteiger partial charge in [-0.05, 0) is 74.9 Å². The minimum absolute atomic E-state index is 0.498. The van der Waals surface area contributed by atoms with Crippen molar-refractivity contribution in [2.75, 3.05) is 36.0 Å². The zero-order valence-corrected chi connectivity index (χ0v) is 17.5. The van der Waals surface area contributed by atoms with Crippen molar-refractivity contribution in [1.29, 1.82) is 0 Å². The summed E-state index contributed by atoms with van der Waals surface area (Å²) < 4.78 is 0. The van der Waals surface area contributed by atoms with Gasteiger partial charge in [-0.1, -0.05) is 24.3 Å². The van der Waals surface area contributed by atoms with Crippen LogP contribution in [0.25, 0.3) is 0 Å². The van der Waals surface area contributed by atoms with E-state index in [-0.39, 0.29) is 0 Å². The zero-order valence-electron chi connectivity index (χ0n) is 16.7. The molecule has 2 aromatic carbocycles. The molecule has 0 bridgehead atoms. The normalized spacial score (nSPS) is 19.5. The number of benzene rings is 2. The number of thioether (sulfide) groups is 1. The molecule has 144 valence electrons. The highest BCUT2D eigenvalue weighted by Crippen LogP contribution is 2.41. The molecule has 0 amide bonds. The molecule has 0 aliphatic carbocycles. The molecule has 2 fully saturated rings. The van der Waals surface area contributed by atoms with Gasteiger partial charge in [0.15, 0.2) is 0 Å². The average molecular weight is 381 g/mol. The van der Waals surface area contributed by atoms with Crippen molar-refractivity contribution >= 4 is 23.1 Å². The summed E-state index contributed by atoms with van der Waals surface area (Å²) >= 11 is 2.07. The van der Waals surface area contributed by atoms with E-state index >= 15 is 0 Å². The van der Waals surface area contributed by atoms with Gasteiger partial charge in [-0.2, -0.15) is 0 Å². The molecule has 2 atom stereocenters. The Morgan fingerprint density at radius 3 is 1.48 bits per heavy atom. The van der Waals surface area contributed by atoms with Crippen LogP contribution in [0, 0.1) is 0 Å². The topological polar surface area (TPSA) is 6.48 Å². The van der Waals surface area contributed by atoms with E-state index < -0.39 is 0 Å². The van der Waals surface area contributed by atoms with E-state index in [9.17, 15) is 0 Å². The van der Waals surface area contributed by atoms with Gasteiger partial charge in [0.1, 0.15) is 0 Å². The molecular formula is C24H32N2S. The third-order valence-corrected chi connectivity index (χ3v) is 7.39.